The summed E-state index contributed by atoms with van der Waals surface area (Å²) in [4.78, 5) is 11.6. The number of rotatable bonds is 10. The molecule has 0 aromatic carbocycles. The number of amides is 1. The lowest BCUT2D eigenvalue weighted by atomic mass is 9.99. The van der Waals surface area contributed by atoms with Crippen molar-refractivity contribution in [1.29, 1.82) is 0 Å². The van der Waals surface area contributed by atoms with Crippen molar-refractivity contribution in [2.45, 2.75) is 52.5 Å². The first-order valence-corrected chi connectivity index (χ1v) is 6.77. The number of carbonyl (C=O) groups excluding carboxylic acids is 1. The molecule has 0 rings (SSSR count). The van der Waals surface area contributed by atoms with Crippen LogP contribution >= 0.6 is 0 Å². The van der Waals surface area contributed by atoms with Crippen molar-refractivity contribution in [3.05, 3.63) is 12.7 Å². The van der Waals surface area contributed by atoms with Crippen molar-refractivity contribution in [3.63, 3.8) is 0 Å². The van der Waals surface area contributed by atoms with Gasteiger partial charge in [0.25, 0.3) is 0 Å². The Morgan fingerprint density at radius 2 is 2.12 bits per heavy atom. The van der Waals surface area contributed by atoms with E-state index in [9.17, 15) is 4.79 Å². The van der Waals surface area contributed by atoms with E-state index in [4.69, 9.17) is 0 Å². The highest BCUT2D eigenvalue weighted by atomic mass is 16.2. The summed E-state index contributed by atoms with van der Waals surface area (Å²) in [7, 11) is 0. The lowest BCUT2D eigenvalue weighted by molar-refractivity contribution is -0.122. The van der Waals surface area contributed by atoms with Gasteiger partial charge < -0.3 is 10.6 Å². The fourth-order valence-corrected chi connectivity index (χ4v) is 1.71. The zero-order valence-electron chi connectivity index (χ0n) is 11.6. The molecule has 0 saturated heterocycles. The molecule has 0 aliphatic carbocycles. The fraction of sp³-hybridized carbons (Fsp3) is 0.786. The molecule has 0 aliphatic rings. The Labute approximate surface area is 106 Å². The molecule has 0 fully saturated rings. The van der Waals surface area contributed by atoms with Crippen LogP contribution in [0, 0.1) is 5.92 Å². The van der Waals surface area contributed by atoms with E-state index in [1.807, 2.05) is 6.92 Å². The molecular formula is C14H28N2O. The summed E-state index contributed by atoms with van der Waals surface area (Å²) in [5.41, 5.74) is 0. The molecule has 3 nitrogen and oxygen atoms in total. The van der Waals surface area contributed by atoms with Crippen molar-refractivity contribution in [2.24, 2.45) is 5.92 Å². The third-order valence-corrected chi connectivity index (χ3v) is 3.07. The predicted octanol–water partition coefficient (Wildman–Crippen LogP) is 2.48. The van der Waals surface area contributed by atoms with E-state index in [1.165, 1.54) is 25.7 Å². The normalized spacial score (nSPS) is 14.1. The largest absolute Gasteiger partial charge is 0.351 e. The molecule has 0 bridgehead atoms. The first-order valence-electron chi connectivity index (χ1n) is 6.77. The number of carbonyl (C=O) groups is 1. The summed E-state index contributed by atoms with van der Waals surface area (Å²) < 4.78 is 0. The van der Waals surface area contributed by atoms with Gasteiger partial charge >= 0.3 is 0 Å². The molecule has 0 aromatic rings. The van der Waals surface area contributed by atoms with Gasteiger partial charge in [0, 0.05) is 6.54 Å². The Bertz CT molecular complexity index is 216. The van der Waals surface area contributed by atoms with Gasteiger partial charge in [-0.3, -0.25) is 4.79 Å². The smallest absolute Gasteiger partial charge is 0.237 e. The molecule has 1 amide bonds. The molecule has 100 valence electrons. The van der Waals surface area contributed by atoms with Crippen LogP contribution in [0.2, 0.25) is 0 Å². The molecule has 0 radical (unpaired) electrons. The van der Waals surface area contributed by atoms with E-state index >= 15 is 0 Å². The fourth-order valence-electron chi connectivity index (χ4n) is 1.71. The quantitative estimate of drug-likeness (QED) is 0.576. The average Bonchev–Trinajstić information content (AvgIpc) is 2.35. The van der Waals surface area contributed by atoms with Crippen LogP contribution in [0.15, 0.2) is 12.7 Å². The molecular weight excluding hydrogens is 212 g/mol. The van der Waals surface area contributed by atoms with E-state index in [0.29, 0.717) is 12.5 Å². The van der Waals surface area contributed by atoms with E-state index in [1.54, 1.807) is 6.08 Å². The summed E-state index contributed by atoms with van der Waals surface area (Å²) in [6.07, 6.45) is 6.64. The monoisotopic (exact) mass is 240 g/mol. The van der Waals surface area contributed by atoms with Gasteiger partial charge in [-0.2, -0.15) is 0 Å². The molecule has 2 unspecified atom stereocenters. The molecule has 3 heteroatoms. The van der Waals surface area contributed by atoms with Crippen LogP contribution in [0.25, 0.3) is 0 Å². The second-order valence-electron chi connectivity index (χ2n) is 4.58. The highest BCUT2D eigenvalue weighted by Gasteiger charge is 2.13. The number of hydrogen-bond acceptors (Lipinski definition) is 2. The SMILES string of the molecule is C=CCNC(=O)C(C)NCC(CC)CCCC. The summed E-state index contributed by atoms with van der Waals surface area (Å²) in [6, 6.07) is -0.120. The van der Waals surface area contributed by atoms with Crippen molar-refractivity contribution in [1.82, 2.24) is 10.6 Å². The number of hydrogen-bond donors (Lipinski definition) is 2. The van der Waals surface area contributed by atoms with Gasteiger partial charge in [0.15, 0.2) is 0 Å². The van der Waals surface area contributed by atoms with Crippen LogP contribution in [0.3, 0.4) is 0 Å². The van der Waals surface area contributed by atoms with Crippen molar-refractivity contribution in [2.75, 3.05) is 13.1 Å². The highest BCUT2D eigenvalue weighted by molar-refractivity contribution is 5.81. The zero-order chi connectivity index (χ0) is 13.1. The summed E-state index contributed by atoms with van der Waals surface area (Å²) in [5, 5.41) is 6.10. The minimum Gasteiger partial charge on any atom is -0.351 e. The minimum atomic E-state index is -0.120. The molecule has 0 aromatic heterocycles. The Morgan fingerprint density at radius 1 is 1.41 bits per heavy atom. The van der Waals surface area contributed by atoms with Crippen LogP contribution in [0.4, 0.5) is 0 Å². The van der Waals surface area contributed by atoms with Crippen LogP contribution in [-0.4, -0.2) is 25.0 Å². The van der Waals surface area contributed by atoms with Gasteiger partial charge in [-0.05, 0) is 25.8 Å². The van der Waals surface area contributed by atoms with Crippen molar-refractivity contribution >= 4 is 5.91 Å². The predicted molar refractivity (Wildman–Crippen MR) is 74.0 cm³/mol. The van der Waals surface area contributed by atoms with E-state index < -0.39 is 0 Å². The number of unbranched alkanes of at least 4 members (excludes halogenated alkanes) is 1. The minimum absolute atomic E-state index is 0.0512. The van der Waals surface area contributed by atoms with Gasteiger partial charge in [0.05, 0.1) is 6.04 Å². The average molecular weight is 240 g/mol. The number of nitrogens with one attached hydrogen (secondary N) is 2. The Kier molecular flexibility index (Phi) is 9.83. The third kappa shape index (κ3) is 7.97. The molecule has 0 aliphatic heterocycles. The van der Waals surface area contributed by atoms with Crippen molar-refractivity contribution < 1.29 is 4.79 Å². The van der Waals surface area contributed by atoms with Crippen LogP contribution in [-0.2, 0) is 4.79 Å². The second-order valence-corrected chi connectivity index (χ2v) is 4.58. The highest BCUT2D eigenvalue weighted by Crippen LogP contribution is 2.11. The van der Waals surface area contributed by atoms with Gasteiger partial charge in [0.1, 0.15) is 0 Å². The molecule has 17 heavy (non-hydrogen) atoms. The van der Waals surface area contributed by atoms with Gasteiger partial charge in [-0.1, -0.05) is 39.2 Å². The summed E-state index contributed by atoms with van der Waals surface area (Å²) >= 11 is 0. The molecule has 0 saturated carbocycles. The molecule has 0 heterocycles. The molecule has 2 atom stereocenters. The summed E-state index contributed by atoms with van der Waals surface area (Å²) in [6.45, 7) is 11.4. The van der Waals surface area contributed by atoms with E-state index in [0.717, 1.165) is 6.54 Å². The standard InChI is InChI=1S/C14H28N2O/c1-5-8-9-13(7-3)11-16-12(4)14(17)15-10-6-2/h6,12-13,16H,2,5,7-11H2,1,3-4H3,(H,15,17). The van der Waals surface area contributed by atoms with Crippen LogP contribution in [0.1, 0.15) is 46.5 Å². The maximum Gasteiger partial charge on any atom is 0.237 e. The molecule has 2 N–H and O–H groups in total. The second kappa shape index (κ2) is 10.3. The van der Waals surface area contributed by atoms with Gasteiger partial charge in [-0.25, -0.2) is 0 Å². The maximum absolute atomic E-state index is 11.6. The first kappa shape index (κ1) is 16.2. The van der Waals surface area contributed by atoms with E-state index in [-0.39, 0.29) is 11.9 Å². The van der Waals surface area contributed by atoms with Crippen molar-refractivity contribution in [3.8, 4) is 0 Å². The third-order valence-electron chi connectivity index (χ3n) is 3.07. The van der Waals surface area contributed by atoms with Gasteiger partial charge in [0.2, 0.25) is 5.91 Å². The lowest BCUT2D eigenvalue weighted by Gasteiger charge is -2.19. The maximum atomic E-state index is 11.6. The topological polar surface area (TPSA) is 41.1 Å². The Hall–Kier alpha value is -0.830. The Balaban J connectivity index is 3.82. The van der Waals surface area contributed by atoms with Crippen LogP contribution < -0.4 is 10.6 Å². The first-order chi connectivity index (χ1) is 8.15. The van der Waals surface area contributed by atoms with Crippen LogP contribution in [0.5, 0.6) is 0 Å². The summed E-state index contributed by atoms with van der Waals surface area (Å²) in [5.74, 6) is 0.736. The zero-order valence-corrected chi connectivity index (χ0v) is 11.6. The van der Waals surface area contributed by atoms with Gasteiger partial charge in [-0.15, -0.1) is 6.58 Å². The molecule has 0 spiro atoms. The lowest BCUT2D eigenvalue weighted by Crippen LogP contribution is -2.43. The van der Waals surface area contributed by atoms with E-state index in [2.05, 4.69) is 31.1 Å². The Morgan fingerprint density at radius 3 is 2.65 bits per heavy atom.